The second-order valence-electron chi connectivity index (χ2n) is 5.89. The van der Waals surface area contributed by atoms with Crippen LogP contribution in [0.15, 0.2) is 18.3 Å². The van der Waals surface area contributed by atoms with Gasteiger partial charge in [-0.1, -0.05) is 0 Å². The quantitative estimate of drug-likeness (QED) is 0.854. The van der Waals surface area contributed by atoms with Crippen LogP contribution in [-0.2, 0) is 4.79 Å². The zero-order chi connectivity index (χ0) is 15.9. The highest BCUT2D eigenvalue weighted by Crippen LogP contribution is 2.18. The molecule has 1 fully saturated rings. The second-order valence-corrected chi connectivity index (χ2v) is 5.89. The zero-order valence-corrected chi connectivity index (χ0v) is 13.2. The monoisotopic (exact) mass is 301 g/mol. The van der Waals surface area contributed by atoms with Crippen molar-refractivity contribution in [3.05, 3.63) is 23.9 Å². The van der Waals surface area contributed by atoms with Crippen LogP contribution >= 0.6 is 0 Å². The van der Waals surface area contributed by atoms with Crippen LogP contribution < -0.4 is 5.32 Å². The standard InChI is InChI=1S/C16H23N5O/c1-20(2)15(22)6-9-21-8-5-13(12-21)11-19-16-14(10-17)4-3-7-18-16/h3-4,7,13H,5-6,8-9,11-12H2,1-2H3,(H,18,19)/t13-/m0/s1. The summed E-state index contributed by atoms with van der Waals surface area (Å²) in [5, 5.41) is 12.3. The first-order valence-electron chi connectivity index (χ1n) is 7.61. The number of likely N-dealkylation sites (tertiary alicyclic amines) is 1. The van der Waals surface area contributed by atoms with Gasteiger partial charge in [-0.15, -0.1) is 0 Å². The lowest BCUT2D eigenvalue weighted by Gasteiger charge is -2.17. The van der Waals surface area contributed by atoms with Gasteiger partial charge in [0.15, 0.2) is 0 Å². The van der Waals surface area contributed by atoms with Crippen LogP contribution in [0, 0.1) is 17.2 Å². The van der Waals surface area contributed by atoms with Crippen LogP contribution in [0.3, 0.4) is 0 Å². The number of amides is 1. The third-order valence-corrected chi connectivity index (χ3v) is 4.00. The lowest BCUT2D eigenvalue weighted by atomic mass is 10.1. The minimum atomic E-state index is 0.175. The van der Waals surface area contributed by atoms with E-state index in [0.29, 0.717) is 23.7 Å². The molecule has 0 aliphatic carbocycles. The molecule has 1 aliphatic heterocycles. The SMILES string of the molecule is CN(C)C(=O)CCN1CC[C@@H](CNc2ncccc2C#N)C1. The van der Waals surface area contributed by atoms with Crippen LogP contribution in [0.2, 0.25) is 0 Å². The predicted molar refractivity (Wildman–Crippen MR) is 85.3 cm³/mol. The summed E-state index contributed by atoms with van der Waals surface area (Å²) in [6, 6.07) is 5.68. The molecule has 1 aromatic rings. The van der Waals surface area contributed by atoms with Gasteiger partial charge in [-0.2, -0.15) is 5.26 Å². The Labute approximate surface area is 131 Å². The van der Waals surface area contributed by atoms with Crippen LogP contribution in [-0.4, -0.2) is 61.0 Å². The number of hydrogen-bond acceptors (Lipinski definition) is 5. The smallest absolute Gasteiger partial charge is 0.223 e. The molecule has 0 aromatic carbocycles. The van der Waals surface area contributed by atoms with Crippen molar-refractivity contribution >= 4 is 11.7 Å². The number of nitrogens with one attached hydrogen (secondary N) is 1. The normalized spacial score (nSPS) is 18.0. The Kier molecular flexibility index (Phi) is 5.73. The van der Waals surface area contributed by atoms with E-state index in [0.717, 1.165) is 32.6 Å². The largest absolute Gasteiger partial charge is 0.369 e. The summed E-state index contributed by atoms with van der Waals surface area (Å²) in [6.07, 6.45) is 3.38. The average Bonchev–Trinajstić information content (AvgIpc) is 2.98. The van der Waals surface area contributed by atoms with E-state index in [-0.39, 0.29) is 5.91 Å². The van der Waals surface area contributed by atoms with Crippen molar-refractivity contribution in [1.29, 1.82) is 5.26 Å². The first-order valence-corrected chi connectivity index (χ1v) is 7.61. The van der Waals surface area contributed by atoms with E-state index in [1.54, 1.807) is 37.3 Å². The molecule has 22 heavy (non-hydrogen) atoms. The molecule has 2 rings (SSSR count). The second kappa shape index (κ2) is 7.76. The summed E-state index contributed by atoms with van der Waals surface area (Å²) < 4.78 is 0. The number of nitriles is 1. The Hall–Kier alpha value is -2.13. The lowest BCUT2D eigenvalue weighted by molar-refractivity contribution is -0.128. The van der Waals surface area contributed by atoms with E-state index >= 15 is 0 Å². The highest BCUT2D eigenvalue weighted by atomic mass is 16.2. The molecule has 0 bridgehead atoms. The van der Waals surface area contributed by atoms with Gasteiger partial charge in [-0.05, 0) is 31.0 Å². The maximum Gasteiger partial charge on any atom is 0.223 e. The fraction of sp³-hybridized carbons (Fsp3) is 0.562. The van der Waals surface area contributed by atoms with Gasteiger partial charge in [0.05, 0.1) is 5.56 Å². The van der Waals surface area contributed by atoms with Crippen LogP contribution in [0.25, 0.3) is 0 Å². The molecule has 1 saturated heterocycles. The molecule has 0 spiro atoms. The molecule has 0 radical (unpaired) electrons. The number of hydrogen-bond donors (Lipinski definition) is 1. The van der Waals surface area contributed by atoms with Crippen molar-refractivity contribution in [3.8, 4) is 6.07 Å². The molecule has 1 aromatic heterocycles. The Bertz CT molecular complexity index is 552. The third kappa shape index (κ3) is 4.43. The van der Waals surface area contributed by atoms with E-state index < -0.39 is 0 Å². The first kappa shape index (κ1) is 16.2. The summed E-state index contributed by atoms with van der Waals surface area (Å²) in [7, 11) is 3.58. The van der Waals surface area contributed by atoms with Crippen molar-refractivity contribution in [2.45, 2.75) is 12.8 Å². The molecule has 1 aliphatic rings. The molecule has 6 heteroatoms. The molecule has 2 heterocycles. The summed E-state index contributed by atoms with van der Waals surface area (Å²) in [4.78, 5) is 19.8. The van der Waals surface area contributed by atoms with E-state index in [1.807, 2.05) is 0 Å². The van der Waals surface area contributed by atoms with E-state index in [4.69, 9.17) is 5.26 Å². The number of aromatic nitrogens is 1. The number of pyridine rings is 1. The molecule has 118 valence electrons. The minimum absolute atomic E-state index is 0.175. The number of rotatable bonds is 6. The van der Waals surface area contributed by atoms with Crippen molar-refractivity contribution in [3.63, 3.8) is 0 Å². The maximum absolute atomic E-state index is 11.6. The fourth-order valence-corrected chi connectivity index (χ4v) is 2.64. The number of nitrogens with zero attached hydrogens (tertiary/aromatic N) is 4. The van der Waals surface area contributed by atoms with E-state index in [2.05, 4.69) is 21.3 Å². The predicted octanol–water partition coefficient (Wildman–Crippen LogP) is 1.17. The van der Waals surface area contributed by atoms with Gasteiger partial charge in [-0.3, -0.25) is 4.79 Å². The summed E-state index contributed by atoms with van der Waals surface area (Å²) in [6.45, 7) is 3.65. The van der Waals surface area contributed by atoms with Crippen LogP contribution in [0.5, 0.6) is 0 Å². The molecular weight excluding hydrogens is 278 g/mol. The lowest BCUT2D eigenvalue weighted by Crippen LogP contribution is -2.29. The molecule has 0 unspecified atom stereocenters. The van der Waals surface area contributed by atoms with E-state index in [9.17, 15) is 4.79 Å². The van der Waals surface area contributed by atoms with Gasteiger partial charge < -0.3 is 15.1 Å². The molecule has 1 atom stereocenters. The third-order valence-electron chi connectivity index (χ3n) is 4.00. The molecular formula is C16H23N5O. The van der Waals surface area contributed by atoms with Gasteiger partial charge in [-0.25, -0.2) is 4.98 Å². The van der Waals surface area contributed by atoms with Crippen molar-refractivity contribution in [2.75, 3.05) is 45.6 Å². The van der Waals surface area contributed by atoms with Gasteiger partial charge >= 0.3 is 0 Å². The average molecular weight is 301 g/mol. The first-order chi connectivity index (χ1) is 10.6. The summed E-state index contributed by atoms with van der Waals surface area (Å²) in [5.41, 5.74) is 0.578. The topological polar surface area (TPSA) is 72.3 Å². The van der Waals surface area contributed by atoms with Gasteiger partial charge in [0, 0.05) is 46.3 Å². The van der Waals surface area contributed by atoms with Gasteiger partial charge in [0.2, 0.25) is 5.91 Å². The summed E-state index contributed by atoms with van der Waals surface area (Å²) in [5.74, 6) is 1.36. The molecule has 1 N–H and O–H groups in total. The Balaban J connectivity index is 1.75. The van der Waals surface area contributed by atoms with Crippen molar-refractivity contribution in [1.82, 2.24) is 14.8 Å². The minimum Gasteiger partial charge on any atom is -0.369 e. The van der Waals surface area contributed by atoms with E-state index in [1.165, 1.54) is 0 Å². The number of anilines is 1. The van der Waals surface area contributed by atoms with Crippen molar-refractivity contribution in [2.24, 2.45) is 5.92 Å². The number of carbonyl (C=O) groups is 1. The van der Waals surface area contributed by atoms with Crippen molar-refractivity contribution < 1.29 is 4.79 Å². The highest BCUT2D eigenvalue weighted by molar-refractivity contribution is 5.75. The van der Waals surface area contributed by atoms with Crippen LogP contribution in [0.1, 0.15) is 18.4 Å². The Morgan fingerprint density at radius 1 is 1.59 bits per heavy atom. The molecule has 0 saturated carbocycles. The van der Waals surface area contributed by atoms with Gasteiger partial charge in [0.1, 0.15) is 11.9 Å². The molecule has 1 amide bonds. The van der Waals surface area contributed by atoms with Gasteiger partial charge in [0.25, 0.3) is 0 Å². The fourth-order valence-electron chi connectivity index (χ4n) is 2.64. The zero-order valence-electron chi connectivity index (χ0n) is 13.2. The van der Waals surface area contributed by atoms with Crippen LogP contribution in [0.4, 0.5) is 5.82 Å². The Morgan fingerprint density at radius 3 is 3.14 bits per heavy atom. The number of carbonyl (C=O) groups excluding carboxylic acids is 1. The highest BCUT2D eigenvalue weighted by Gasteiger charge is 2.23. The Morgan fingerprint density at radius 2 is 2.41 bits per heavy atom. The summed E-state index contributed by atoms with van der Waals surface area (Å²) >= 11 is 0. The maximum atomic E-state index is 11.6. The molecule has 6 nitrogen and oxygen atoms in total.